The molecule has 1 amide bonds. The van der Waals surface area contributed by atoms with E-state index in [1.807, 2.05) is 24.0 Å². The molecular weight excluding hydrogens is 482 g/mol. The van der Waals surface area contributed by atoms with Crippen LogP contribution in [0.4, 0.5) is 8.78 Å². The van der Waals surface area contributed by atoms with Crippen molar-refractivity contribution in [1.82, 2.24) is 9.80 Å². The first-order valence-electron chi connectivity index (χ1n) is 12.8. The van der Waals surface area contributed by atoms with E-state index in [1.165, 1.54) is 12.1 Å². The molecule has 2 aliphatic heterocycles. The molecule has 3 atom stereocenters. The topological polar surface area (TPSA) is 43.8 Å². The van der Waals surface area contributed by atoms with Crippen LogP contribution in [0.1, 0.15) is 80.7 Å². The molecule has 7 heteroatoms. The van der Waals surface area contributed by atoms with Gasteiger partial charge in [0.1, 0.15) is 11.6 Å². The zero-order valence-electron chi connectivity index (χ0n) is 21.8. The summed E-state index contributed by atoms with van der Waals surface area (Å²) in [5.74, 6) is -1.67. The summed E-state index contributed by atoms with van der Waals surface area (Å²) in [6.45, 7) is 12.3. The molecule has 2 saturated heterocycles. The molecule has 1 N–H and O–H groups in total. The second-order valence-corrected chi connectivity index (χ2v) is 11.9. The molecule has 0 spiro atoms. The first-order valence-corrected chi connectivity index (χ1v) is 13.2. The third-order valence-corrected chi connectivity index (χ3v) is 8.42. The van der Waals surface area contributed by atoms with Gasteiger partial charge >= 0.3 is 0 Å². The number of aliphatic hydroxyl groups is 1. The number of benzene rings is 2. The fraction of sp³-hybridized carbons (Fsp3) is 0.552. The Labute approximate surface area is 218 Å². The van der Waals surface area contributed by atoms with Gasteiger partial charge in [0.25, 0.3) is 0 Å². The maximum atomic E-state index is 14.8. The number of nitrogens with zero attached hydrogens (tertiary/aromatic N) is 2. The molecule has 196 valence electrons. The van der Waals surface area contributed by atoms with E-state index < -0.39 is 17.7 Å². The normalized spacial score (nSPS) is 22.8. The van der Waals surface area contributed by atoms with Crippen molar-refractivity contribution < 1.29 is 18.7 Å². The van der Waals surface area contributed by atoms with Crippen molar-refractivity contribution in [1.29, 1.82) is 0 Å². The Kier molecular flexibility index (Phi) is 7.80. The third kappa shape index (κ3) is 5.46. The summed E-state index contributed by atoms with van der Waals surface area (Å²) in [5.41, 5.74) is 3.13. The molecule has 0 aliphatic carbocycles. The van der Waals surface area contributed by atoms with E-state index in [2.05, 4.69) is 25.7 Å². The van der Waals surface area contributed by atoms with Crippen LogP contribution in [0, 0.1) is 24.5 Å². The van der Waals surface area contributed by atoms with Gasteiger partial charge in [-0.25, -0.2) is 8.78 Å². The molecule has 0 aromatic heterocycles. The van der Waals surface area contributed by atoms with E-state index in [1.54, 1.807) is 6.92 Å². The molecule has 2 aliphatic rings. The van der Waals surface area contributed by atoms with Crippen molar-refractivity contribution in [2.75, 3.05) is 26.2 Å². The minimum Gasteiger partial charge on any atom is -0.389 e. The average Bonchev–Trinajstić information content (AvgIpc) is 3.26. The molecule has 0 radical (unpaired) electrons. The number of rotatable bonds is 4. The highest BCUT2D eigenvalue weighted by Crippen LogP contribution is 2.40. The van der Waals surface area contributed by atoms with Crippen LogP contribution in [0.25, 0.3) is 0 Å². The van der Waals surface area contributed by atoms with E-state index in [0.29, 0.717) is 36.8 Å². The fourth-order valence-corrected chi connectivity index (χ4v) is 5.97. The van der Waals surface area contributed by atoms with Crippen molar-refractivity contribution >= 4 is 17.5 Å². The number of aryl methyl sites for hydroxylation is 1. The van der Waals surface area contributed by atoms with Crippen LogP contribution in [-0.2, 0) is 4.79 Å². The van der Waals surface area contributed by atoms with Crippen molar-refractivity contribution in [3.63, 3.8) is 0 Å². The quantitative estimate of drug-likeness (QED) is 0.524. The zero-order chi connectivity index (χ0) is 26.4. The van der Waals surface area contributed by atoms with Gasteiger partial charge in [0.05, 0.1) is 12.0 Å². The minimum atomic E-state index is -0.611. The Morgan fingerprint density at radius 2 is 1.75 bits per heavy atom. The van der Waals surface area contributed by atoms with E-state index in [0.717, 1.165) is 35.6 Å². The predicted octanol–water partition coefficient (Wildman–Crippen LogP) is 6.20. The molecule has 2 aromatic rings. The SMILES string of the molecule is Cc1cc([C@H](C)O)c(C2CCN(C(=O)C3CN(C(C)(C)C)C[C@H]3c3ccc(F)cc3F)CC2)cc1Cl. The van der Waals surface area contributed by atoms with Gasteiger partial charge < -0.3 is 10.0 Å². The molecule has 2 heterocycles. The van der Waals surface area contributed by atoms with E-state index in [9.17, 15) is 18.7 Å². The minimum absolute atomic E-state index is 0.0339. The van der Waals surface area contributed by atoms with Crippen molar-refractivity contribution in [3.05, 3.63) is 69.2 Å². The number of likely N-dealkylation sites (tertiary alicyclic amines) is 2. The highest BCUT2D eigenvalue weighted by Gasteiger charge is 2.44. The van der Waals surface area contributed by atoms with Crippen LogP contribution in [0.3, 0.4) is 0 Å². The van der Waals surface area contributed by atoms with Gasteiger partial charge in [-0.1, -0.05) is 23.7 Å². The Morgan fingerprint density at radius 1 is 1.08 bits per heavy atom. The molecule has 4 nitrogen and oxygen atoms in total. The second kappa shape index (κ2) is 10.4. The zero-order valence-corrected chi connectivity index (χ0v) is 22.6. The first-order chi connectivity index (χ1) is 16.9. The van der Waals surface area contributed by atoms with Gasteiger partial charge in [0, 0.05) is 48.7 Å². The van der Waals surface area contributed by atoms with Crippen LogP contribution in [0.2, 0.25) is 5.02 Å². The summed E-state index contributed by atoms with van der Waals surface area (Å²) >= 11 is 6.42. The van der Waals surface area contributed by atoms with Gasteiger partial charge in [-0.3, -0.25) is 9.69 Å². The third-order valence-electron chi connectivity index (χ3n) is 8.01. The van der Waals surface area contributed by atoms with Gasteiger partial charge in [-0.2, -0.15) is 0 Å². The lowest BCUT2D eigenvalue weighted by atomic mass is 9.83. The monoisotopic (exact) mass is 518 g/mol. The van der Waals surface area contributed by atoms with Crippen LogP contribution in [0.15, 0.2) is 30.3 Å². The van der Waals surface area contributed by atoms with Gasteiger partial charge in [0.2, 0.25) is 5.91 Å². The molecular formula is C29H37ClF2N2O2. The molecule has 4 rings (SSSR count). The summed E-state index contributed by atoms with van der Waals surface area (Å²) in [6.07, 6.45) is 0.954. The summed E-state index contributed by atoms with van der Waals surface area (Å²) in [4.78, 5) is 17.9. The van der Waals surface area contributed by atoms with E-state index in [4.69, 9.17) is 11.6 Å². The number of hydrogen-bond donors (Lipinski definition) is 1. The highest BCUT2D eigenvalue weighted by molar-refractivity contribution is 6.31. The largest absolute Gasteiger partial charge is 0.389 e. The molecule has 36 heavy (non-hydrogen) atoms. The number of carbonyl (C=O) groups is 1. The lowest BCUT2D eigenvalue weighted by molar-refractivity contribution is -0.136. The number of amides is 1. The maximum Gasteiger partial charge on any atom is 0.227 e. The number of halogens is 3. The van der Waals surface area contributed by atoms with Crippen molar-refractivity contribution in [3.8, 4) is 0 Å². The molecule has 1 unspecified atom stereocenters. The van der Waals surface area contributed by atoms with Crippen LogP contribution >= 0.6 is 11.6 Å². The average molecular weight is 519 g/mol. The van der Waals surface area contributed by atoms with Crippen LogP contribution in [-0.4, -0.2) is 52.5 Å². The van der Waals surface area contributed by atoms with Gasteiger partial charge in [0.15, 0.2) is 0 Å². The Bertz CT molecular complexity index is 1120. The first kappa shape index (κ1) is 27.0. The van der Waals surface area contributed by atoms with Gasteiger partial charge in [-0.15, -0.1) is 0 Å². The van der Waals surface area contributed by atoms with E-state index >= 15 is 0 Å². The number of piperidine rings is 1. The number of aliphatic hydroxyl groups excluding tert-OH is 1. The second-order valence-electron chi connectivity index (χ2n) is 11.5. The van der Waals surface area contributed by atoms with Crippen LogP contribution < -0.4 is 0 Å². The Morgan fingerprint density at radius 3 is 2.33 bits per heavy atom. The number of carbonyl (C=O) groups excluding carboxylic acids is 1. The summed E-state index contributed by atoms with van der Waals surface area (Å²) < 4.78 is 28.4. The molecule has 0 bridgehead atoms. The predicted molar refractivity (Wildman–Crippen MR) is 139 cm³/mol. The van der Waals surface area contributed by atoms with E-state index in [-0.39, 0.29) is 29.2 Å². The van der Waals surface area contributed by atoms with Gasteiger partial charge in [-0.05, 0) is 87.8 Å². The lowest BCUT2D eigenvalue weighted by Gasteiger charge is -2.36. The molecule has 2 fully saturated rings. The lowest BCUT2D eigenvalue weighted by Crippen LogP contribution is -2.44. The summed E-state index contributed by atoms with van der Waals surface area (Å²) in [7, 11) is 0. The van der Waals surface area contributed by atoms with Crippen molar-refractivity contribution in [2.45, 2.75) is 70.9 Å². The summed E-state index contributed by atoms with van der Waals surface area (Å²) in [6, 6.07) is 7.60. The Balaban J connectivity index is 1.53. The Hall–Kier alpha value is -2.02. The number of hydrogen-bond acceptors (Lipinski definition) is 3. The smallest absolute Gasteiger partial charge is 0.227 e. The van der Waals surface area contributed by atoms with Crippen molar-refractivity contribution in [2.24, 2.45) is 5.92 Å². The molecule has 0 saturated carbocycles. The summed E-state index contributed by atoms with van der Waals surface area (Å²) in [5, 5.41) is 11.0. The molecule has 2 aromatic carbocycles. The maximum absolute atomic E-state index is 14.8. The fourth-order valence-electron chi connectivity index (χ4n) is 5.80. The highest BCUT2D eigenvalue weighted by atomic mass is 35.5. The van der Waals surface area contributed by atoms with Crippen LogP contribution in [0.5, 0.6) is 0 Å². The standard InChI is InChI=1S/C29H37ClF2N2O2/c1-17-12-22(18(2)35)23(14-26(17)30)19-8-10-33(11-9-19)28(36)25-16-34(29(3,4)5)15-24(25)21-7-6-20(31)13-27(21)32/h6-7,12-14,18-19,24-25,35H,8-11,15-16H2,1-5H3/t18-,24-,25?/m0/s1.